The van der Waals surface area contributed by atoms with Crippen molar-refractivity contribution < 1.29 is 4.74 Å². The molecular weight excluding hydrogens is 232 g/mol. The second-order valence-corrected chi connectivity index (χ2v) is 5.40. The zero-order chi connectivity index (χ0) is 13.0. The van der Waals surface area contributed by atoms with Crippen molar-refractivity contribution in [1.82, 2.24) is 9.55 Å². The van der Waals surface area contributed by atoms with Crippen LogP contribution < -0.4 is 0 Å². The summed E-state index contributed by atoms with van der Waals surface area (Å²) >= 11 is 5.39. The third-order valence-corrected chi connectivity index (χ3v) is 3.34. The van der Waals surface area contributed by atoms with Gasteiger partial charge in [-0.1, -0.05) is 27.7 Å². The third-order valence-electron chi connectivity index (χ3n) is 3.03. The van der Waals surface area contributed by atoms with Crippen molar-refractivity contribution in [3.05, 3.63) is 16.7 Å². The van der Waals surface area contributed by atoms with Crippen LogP contribution >= 0.6 is 12.2 Å². The molecule has 0 radical (unpaired) electrons. The minimum atomic E-state index is 0.311. The monoisotopic (exact) mass is 256 g/mol. The summed E-state index contributed by atoms with van der Waals surface area (Å²) in [5.74, 6) is 0.965. The molecule has 98 valence electrons. The Balaban J connectivity index is 3.08. The van der Waals surface area contributed by atoms with Crippen molar-refractivity contribution in [3.8, 4) is 0 Å². The van der Waals surface area contributed by atoms with Gasteiger partial charge in [0.05, 0.1) is 12.6 Å². The van der Waals surface area contributed by atoms with Crippen LogP contribution in [0.3, 0.4) is 0 Å². The van der Waals surface area contributed by atoms with Crippen molar-refractivity contribution in [3.63, 3.8) is 0 Å². The first kappa shape index (κ1) is 14.5. The van der Waals surface area contributed by atoms with Crippen LogP contribution in [0.5, 0.6) is 0 Å². The van der Waals surface area contributed by atoms with Crippen molar-refractivity contribution in [2.24, 2.45) is 5.92 Å². The first-order chi connectivity index (χ1) is 7.99. The molecule has 0 aliphatic heterocycles. The van der Waals surface area contributed by atoms with Crippen LogP contribution in [0.2, 0.25) is 0 Å². The van der Waals surface area contributed by atoms with Crippen LogP contribution in [0.1, 0.15) is 52.3 Å². The lowest BCUT2D eigenvalue weighted by Crippen LogP contribution is -2.23. The number of aromatic nitrogens is 2. The lowest BCUT2D eigenvalue weighted by atomic mass is 10.0. The van der Waals surface area contributed by atoms with Crippen LogP contribution in [0.4, 0.5) is 0 Å². The molecule has 0 spiro atoms. The molecule has 1 heterocycles. The SMILES string of the molecule is CCOCC(C(C)C)n1c(C(C)C)c[nH]c1=S. The molecule has 0 aromatic carbocycles. The van der Waals surface area contributed by atoms with Crippen LogP contribution in [0.15, 0.2) is 6.20 Å². The first-order valence-corrected chi connectivity index (χ1v) is 6.77. The number of hydrogen-bond acceptors (Lipinski definition) is 2. The standard InChI is InChI=1S/C13H24N2OS/c1-6-16-8-12(10(4)5)15-11(9(2)3)7-14-13(15)17/h7,9-10,12H,6,8H2,1-5H3,(H,14,17). The van der Waals surface area contributed by atoms with Gasteiger partial charge in [0.25, 0.3) is 0 Å². The average molecular weight is 256 g/mol. The van der Waals surface area contributed by atoms with E-state index >= 15 is 0 Å². The van der Waals surface area contributed by atoms with Gasteiger partial charge >= 0.3 is 0 Å². The highest BCUT2D eigenvalue weighted by molar-refractivity contribution is 7.71. The summed E-state index contributed by atoms with van der Waals surface area (Å²) in [7, 11) is 0. The van der Waals surface area contributed by atoms with E-state index in [4.69, 9.17) is 17.0 Å². The van der Waals surface area contributed by atoms with Gasteiger partial charge in [0.15, 0.2) is 4.77 Å². The molecule has 0 aliphatic carbocycles. The van der Waals surface area contributed by atoms with Crippen molar-refractivity contribution in [2.45, 2.75) is 46.6 Å². The fraction of sp³-hybridized carbons (Fsp3) is 0.769. The minimum absolute atomic E-state index is 0.311. The fourth-order valence-electron chi connectivity index (χ4n) is 1.98. The predicted molar refractivity (Wildman–Crippen MR) is 74.1 cm³/mol. The lowest BCUT2D eigenvalue weighted by Gasteiger charge is -2.25. The molecule has 0 fully saturated rings. The van der Waals surface area contributed by atoms with E-state index in [1.807, 2.05) is 13.1 Å². The quantitative estimate of drug-likeness (QED) is 0.782. The summed E-state index contributed by atoms with van der Waals surface area (Å²) < 4.78 is 8.61. The third kappa shape index (κ3) is 3.42. The van der Waals surface area contributed by atoms with E-state index in [-0.39, 0.29) is 0 Å². The van der Waals surface area contributed by atoms with Gasteiger partial charge in [-0.3, -0.25) is 0 Å². The lowest BCUT2D eigenvalue weighted by molar-refractivity contribution is 0.0945. The van der Waals surface area contributed by atoms with E-state index in [2.05, 4.69) is 37.2 Å². The number of hydrogen-bond donors (Lipinski definition) is 1. The number of rotatable bonds is 6. The van der Waals surface area contributed by atoms with Crippen molar-refractivity contribution in [1.29, 1.82) is 0 Å². The van der Waals surface area contributed by atoms with Gasteiger partial charge in [-0.05, 0) is 31.0 Å². The highest BCUT2D eigenvalue weighted by Crippen LogP contribution is 2.25. The first-order valence-electron chi connectivity index (χ1n) is 6.36. The van der Waals surface area contributed by atoms with Gasteiger partial charge in [-0.25, -0.2) is 0 Å². The number of nitrogens with one attached hydrogen (secondary N) is 1. The molecule has 1 unspecified atom stereocenters. The van der Waals surface area contributed by atoms with Gasteiger partial charge in [0.2, 0.25) is 0 Å². The number of H-pyrrole nitrogens is 1. The number of nitrogens with zero attached hydrogens (tertiary/aromatic N) is 1. The molecule has 0 bridgehead atoms. The molecule has 1 rings (SSSR count). The normalized spacial score (nSPS) is 13.6. The van der Waals surface area contributed by atoms with Gasteiger partial charge in [0, 0.05) is 18.5 Å². The summed E-state index contributed by atoms with van der Waals surface area (Å²) in [5, 5.41) is 0. The Bertz CT molecular complexity index is 392. The highest BCUT2D eigenvalue weighted by atomic mass is 32.1. The summed E-state index contributed by atoms with van der Waals surface area (Å²) in [4.78, 5) is 3.15. The van der Waals surface area contributed by atoms with Crippen LogP contribution in [0, 0.1) is 10.7 Å². The maximum absolute atomic E-state index is 5.59. The molecule has 0 amide bonds. The predicted octanol–water partition coefficient (Wildman–Crippen LogP) is 3.90. The summed E-state index contributed by atoms with van der Waals surface area (Å²) in [6.07, 6.45) is 2.02. The van der Waals surface area contributed by atoms with Gasteiger partial charge in [-0.15, -0.1) is 0 Å². The van der Waals surface area contributed by atoms with E-state index in [0.717, 1.165) is 18.0 Å². The second-order valence-electron chi connectivity index (χ2n) is 5.01. The number of imidazole rings is 1. The van der Waals surface area contributed by atoms with Crippen molar-refractivity contribution >= 4 is 12.2 Å². The summed E-state index contributed by atoms with van der Waals surface area (Å²) in [6, 6.07) is 0.311. The van der Waals surface area contributed by atoms with Gasteiger partial charge in [0.1, 0.15) is 0 Å². The largest absolute Gasteiger partial charge is 0.380 e. The van der Waals surface area contributed by atoms with E-state index in [0.29, 0.717) is 17.9 Å². The molecule has 17 heavy (non-hydrogen) atoms. The van der Waals surface area contributed by atoms with Gasteiger partial charge in [-0.2, -0.15) is 0 Å². The maximum atomic E-state index is 5.59. The molecule has 1 N–H and O–H groups in total. The molecule has 1 aromatic rings. The molecular formula is C13H24N2OS. The van der Waals surface area contributed by atoms with Gasteiger partial charge < -0.3 is 14.3 Å². The van der Waals surface area contributed by atoms with Crippen LogP contribution in [-0.4, -0.2) is 22.8 Å². The molecule has 1 aromatic heterocycles. The Morgan fingerprint density at radius 1 is 1.35 bits per heavy atom. The number of ether oxygens (including phenoxy) is 1. The molecule has 4 heteroatoms. The number of aromatic amines is 1. The van der Waals surface area contributed by atoms with Crippen LogP contribution in [0.25, 0.3) is 0 Å². The second kappa shape index (κ2) is 6.36. The van der Waals surface area contributed by atoms with E-state index in [1.165, 1.54) is 5.69 Å². The Hall–Kier alpha value is -0.610. The average Bonchev–Trinajstić information content (AvgIpc) is 2.61. The van der Waals surface area contributed by atoms with E-state index in [1.54, 1.807) is 0 Å². The Morgan fingerprint density at radius 2 is 2.00 bits per heavy atom. The molecule has 0 saturated carbocycles. The van der Waals surface area contributed by atoms with Crippen molar-refractivity contribution in [2.75, 3.05) is 13.2 Å². The highest BCUT2D eigenvalue weighted by Gasteiger charge is 2.20. The Kier molecular flexibility index (Phi) is 5.40. The fourth-order valence-corrected chi connectivity index (χ4v) is 2.28. The molecule has 0 aliphatic rings. The molecule has 0 saturated heterocycles. The molecule has 1 atom stereocenters. The summed E-state index contributed by atoms with van der Waals surface area (Å²) in [6.45, 7) is 12.3. The minimum Gasteiger partial charge on any atom is -0.380 e. The zero-order valence-electron chi connectivity index (χ0n) is 11.5. The topological polar surface area (TPSA) is 29.9 Å². The maximum Gasteiger partial charge on any atom is 0.177 e. The smallest absolute Gasteiger partial charge is 0.177 e. The van der Waals surface area contributed by atoms with E-state index in [9.17, 15) is 0 Å². The zero-order valence-corrected chi connectivity index (χ0v) is 12.3. The van der Waals surface area contributed by atoms with E-state index < -0.39 is 0 Å². The van der Waals surface area contributed by atoms with Crippen LogP contribution in [-0.2, 0) is 4.74 Å². The Labute approximate surface area is 109 Å². The molecule has 3 nitrogen and oxygen atoms in total. The Morgan fingerprint density at radius 3 is 2.47 bits per heavy atom. The summed E-state index contributed by atoms with van der Waals surface area (Å²) in [5.41, 5.74) is 1.26.